The van der Waals surface area contributed by atoms with E-state index in [0.717, 1.165) is 5.56 Å². The molecule has 1 amide bonds. The number of aromatic nitrogens is 1. The average Bonchev–Trinajstić information content (AvgIpc) is 3.05. The first kappa shape index (κ1) is 17.7. The Morgan fingerprint density at radius 2 is 2.12 bits per heavy atom. The fraction of sp³-hybridized carbons (Fsp3) is 0.333. The molecule has 1 aliphatic rings. The molecule has 1 aliphatic heterocycles. The minimum atomic E-state index is -2.56. The van der Waals surface area contributed by atoms with E-state index in [1.54, 1.807) is 41.4 Å². The van der Waals surface area contributed by atoms with Gasteiger partial charge in [-0.05, 0) is 24.6 Å². The van der Waals surface area contributed by atoms with Gasteiger partial charge in [0.25, 0.3) is 11.7 Å². The van der Waals surface area contributed by atoms with Gasteiger partial charge in [-0.25, -0.2) is 4.98 Å². The van der Waals surface area contributed by atoms with Gasteiger partial charge in [0.2, 0.25) is 5.88 Å². The zero-order valence-corrected chi connectivity index (χ0v) is 14.5. The Bertz CT molecular complexity index is 740. The Balaban J connectivity index is 1.65. The lowest BCUT2D eigenvalue weighted by Gasteiger charge is -2.18. The number of ether oxygens (including phenoxy) is 1. The Morgan fingerprint density at radius 3 is 2.84 bits per heavy atom. The molecule has 1 saturated heterocycles. The maximum absolute atomic E-state index is 12.7. The quantitative estimate of drug-likeness (QED) is 0.752. The second kappa shape index (κ2) is 7.82. The highest BCUT2D eigenvalue weighted by molar-refractivity contribution is 7.99. The molecule has 0 spiro atoms. The number of benzene rings is 1. The standard InChI is InChI=1S/C18H18F2N2O2S/c1-12-6-7-16(21-10-12)24-13-8-9-22(11-13)17(23)14-4-2-3-5-15(14)25-18(19)20/h2-7,10,13,18H,8-9,11H2,1H3/t13-/m1/s1. The van der Waals surface area contributed by atoms with Crippen molar-refractivity contribution in [2.45, 2.75) is 30.1 Å². The van der Waals surface area contributed by atoms with E-state index in [-0.39, 0.29) is 12.0 Å². The third kappa shape index (κ3) is 4.48. The molecule has 2 heterocycles. The van der Waals surface area contributed by atoms with Crippen molar-refractivity contribution < 1.29 is 18.3 Å². The predicted molar refractivity (Wildman–Crippen MR) is 92.2 cm³/mol. The summed E-state index contributed by atoms with van der Waals surface area (Å²) in [6.07, 6.45) is 2.27. The lowest BCUT2D eigenvalue weighted by molar-refractivity contribution is 0.0768. The zero-order chi connectivity index (χ0) is 17.8. The molecular weight excluding hydrogens is 346 g/mol. The highest BCUT2D eigenvalue weighted by atomic mass is 32.2. The molecule has 132 valence electrons. The summed E-state index contributed by atoms with van der Waals surface area (Å²) in [5, 5.41) is 0. The predicted octanol–water partition coefficient (Wildman–Crippen LogP) is 4.00. The van der Waals surface area contributed by atoms with Gasteiger partial charge in [0.1, 0.15) is 6.10 Å². The number of rotatable bonds is 5. The molecule has 1 atom stereocenters. The molecule has 1 fully saturated rings. The normalized spacial score (nSPS) is 17.1. The van der Waals surface area contributed by atoms with E-state index in [0.29, 0.717) is 47.6 Å². The van der Waals surface area contributed by atoms with Crippen LogP contribution in [0.4, 0.5) is 8.78 Å². The number of alkyl halides is 2. The van der Waals surface area contributed by atoms with Crippen molar-refractivity contribution in [1.29, 1.82) is 0 Å². The van der Waals surface area contributed by atoms with E-state index >= 15 is 0 Å². The van der Waals surface area contributed by atoms with Gasteiger partial charge >= 0.3 is 0 Å². The number of hydrogen-bond acceptors (Lipinski definition) is 4. The van der Waals surface area contributed by atoms with E-state index in [2.05, 4.69) is 4.98 Å². The number of carbonyl (C=O) groups is 1. The van der Waals surface area contributed by atoms with Crippen molar-refractivity contribution in [1.82, 2.24) is 9.88 Å². The maximum atomic E-state index is 12.7. The molecule has 7 heteroatoms. The highest BCUT2D eigenvalue weighted by Crippen LogP contribution is 2.30. The lowest BCUT2D eigenvalue weighted by Crippen LogP contribution is -2.31. The molecule has 0 radical (unpaired) electrons. The van der Waals surface area contributed by atoms with Gasteiger partial charge in [-0.1, -0.05) is 30.0 Å². The summed E-state index contributed by atoms with van der Waals surface area (Å²) in [4.78, 5) is 18.8. The van der Waals surface area contributed by atoms with Crippen molar-refractivity contribution >= 4 is 17.7 Å². The minimum absolute atomic E-state index is 0.144. The number of thioether (sulfide) groups is 1. The van der Waals surface area contributed by atoms with Gasteiger partial charge in [-0.15, -0.1) is 0 Å². The van der Waals surface area contributed by atoms with Gasteiger partial charge in [0.15, 0.2) is 0 Å². The minimum Gasteiger partial charge on any atom is -0.472 e. The number of aryl methyl sites for hydroxylation is 1. The summed E-state index contributed by atoms with van der Waals surface area (Å²) >= 11 is 0.395. The number of halogens is 2. The summed E-state index contributed by atoms with van der Waals surface area (Å²) in [6.45, 7) is 2.90. The molecule has 0 unspecified atom stereocenters. The topological polar surface area (TPSA) is 42.4 Å². The van der Waals surface area contributed by atoms with Crippen molar-refractivity contribution in [3.8, 4) is 5.88 Å². The second-order valence-corrected chi connectivity index (χ2v) is 6.86. The number of amides is 1. The van der Waals surface area contributed by atoms with Crippen LogP contribution in [0, 0.1) is 6.92 Å². The van der Waals surface area contributed by atoms with Crippen LogP contribution in [0.2, 0.25) is 0 Å². The number of pyridine rings is 1. The monoisotopic (exact) mass is 364 g/mol. The molecule has 25 heavy (non-hydrogen) atoms. The van der Waals surface area contributed by atoms with Crippen LogP contribution in [0.1, 0.15) is 22.3 Å². The van der Waals surface area contributed by atoms with Gasteiger partial charge < -0.3 is 9.64 Å². The smallest absolute Gasteiger partial charge is 0.288 e. The number of likely N-dealkylation sites (tertiary alicyclic amines) is 1. The first-order valence-electron chi connectivity index (χ1n) is 7.95. The summed E-state index contributed by atoms with van der Waals surface area (Å²) in [5.74, 6) is -2.28. The number of nitrogens with zero attached hydrogens (tertiary/aromatic N) is 2. The Morgan fingerprint density at radius 1 is 1.32 bits per heavy atom. The van der Waals surface area contributed by atoms with Crippen molar-refractivity contribution in [2.75, 3.05) is 13.1 Å². The van der Waals surface area contributed by atoms with E-state index < -0.39 is 5.76 Å². The van der Waals surface area contributed by atoms with Gasteiger partial charge in [-0.2, -0.15) is 8.78 Å². The maximum Gasteiger partial charge on any atom is 0.288 e. The van der Waals surface area contributed by atoms with Crippen molar-refractivity contribution in [3.05, 3.63) is 53.7 Å². The number of hydrogen-bond donors (Lipinski definition) is 0. The Hall–Kier alpha value is -2.15. The molecule has 1 aromatic carbocycles. The third-order valence-corrected chi connectivity index (χ3v) is 4.73. The first-order valence-corrected chi connectivity index (χ1v) is 8.83. The van der Waals surface area contributed by atoms with Crippen LogP contribution < -0.4 is 4.74 Å². The molecule has 0 N–H and O–H groups in total. The van der Waals surface area contributed by atoms with Crippen LogP contribution in [-0.4, -0.2) is 40.7 Å². The van der Waals surface area contributed by atoms with E-state index in [1.807, 2.05) is 13.0 Å². The van der Waals surface area contributed by atoms with E-state index in [4.69, 9.17) is 4.74 Å². The third-order valence-electron chi connectivity index (χ3n) is 3.94. The van der Waals surface area contributed by atoms with Gasteiger partial charge in [0.05, 0.1) is 12.1 Å². The van der Waals surface area contributed by atoms with E-state index in [1.165, 1.54) is 0 Å². The Kier molecular flexibility index (Phi) is 5.53. The summed E-state index contributed by atoms with van der Waals surface area (Å²) < 4.78 is 31.2. The molecular formula is C18H18F2N2O2S. The van der Waals surface area contributed by atoms with Gasteiger partial charge in [0, 0.05) is 30.1 Å². The molecule has 0 aliphatic carbocycles. The summed E-state index contributed by atoms with van der Waals surface area (Å²) in [6, 6.07) is 10.2. The molecule has 0 saturated carbocycles. The second-order valence-electron chi connectivity index (χ2n) is 5.83. The van der Waals surface area contributed by atoms with Gasteiger partial charge in [-0.3, -0.25) is 4.79 Å². The van der Waals surface area contributed by atoms with Crippen LogP contribution in [0.15, 0.2) is 47.5 Å². The van der Waals surface area contributed by atoms with Crippen LogP contribution in [0.5, 0.6) is 5.88 Å². The molecule has 4 nitrogen and oxygen atoms in total. The molecule has 1 aromatic heterocycles. The van der Waals surface area contributed by atoms with Crippen LogP contribution in [0.3, 0.4) is 0 Å². The molecule has 3 rings (SSSR count). The SMILES string of the molecule is Cc1ccc(O[C@@H]2CCN(C(=O)c3ccccc3SC(F)F)C2)nc1. The molecule has 0 bridgehead atoms. The summed E-state index contributed by atoms with van der Waals surface area (Å²) in [5.41, 5.74) is 1.35. The average molecular weight is 364 g/mol. The fourth-order valence-corrected chi connectivity index (χ4v) is 3.35. The number of carbonyl (C=O) groups excluding carboxylic acids is 1. The van der Waals surface area contributed by atoms with Crippen molar-refractivity contribution in [3.63, 3.8) is 0 Å². The summed E-state index contributed by atoms with van der Waals surface area (Å²) in [7, 11) is 0. The molecule has 2 aromatic rings. The fourth-order valence-electron chi connectivity index (χ4n) is 2.72. The van der Waals surface area contributed by atoms with Crippen molar-refractivity contribution in [2.24, 2.45) is 0 Å². The van der Waals surface area contributed by atoms with Crippen LogP contribution in [-0.2, 0) is 0 Å². The zero-order valence-electron chi connectivity index (χ0n) is 13.7. The Labute approximate surface area is 149 Å². The lowest BCUT2D eigenvalue weighted by atomic mass is 10.2. The largest absolute Gasteiger partial charge is 0.472 e. The highest BCUT2D eigenvalue weighted by Gasteiger charge is 2.30. The van der Waals surface area contributed by atoms with E-state index in [9.17, 15) is 13.6 Å². The first-order chi connectivity index (χ1) is 12.0. The van der Waals surface area contributed by atoms with Crippen LogP contribution in [0.25, 0.3) is 0 Å². The van der Waals surface area contributed by atoms with Crippen LogP contribution >= 0.6 is 11.8 Å².